The van der Waals surface area contributed by atoms with Crippen LogP contribution in [-0.4, -0.2) is 44.8 Å². The summed E-state index contributed by atoms with van der Waals surface area (Å²) in [5, 5.41) is 45.1. The first-order chi connectivity index (χ1) is 19.9. The van der Waals surface area contributed by atoms with E-state index in [2.05, 4.69) is 45.9 Å². The van der Waals surface area contributed by atoms with Crippen LogP contribution in [0.4, 0.5) is 0 Å². The monoisotopic (exact) mass is 578 g/mol. The summed E-state index contributed by atoms with van der Waals surface area (Å²) in [5.41, 5.74) is 1.49. The van der Waals surface area contributed by atoms with Crippen molar-refractivity contribution in [2.45, 2.75) is 142 Å². The van der Waals surface area contributed by atoms with Crippen LogP contribution < -0.4 is 0 Å². The molecular formula is C38H58O4. The average molecular weight is 579 g/mol. The summed E-state index contributed by atoms with van der Waals surface area (Å²) in [6.07, 6.45) is 21.0. The van der Waals surface area contributed by atoms with Gasteiger partial charge in [-0.05, 0) is 153 Å². The summed E-state index contributed by atoms with van der Waals surface area (Å²) in [4.78, 5) is 0. The molecule has 4 nitrogen and oxygen atoms in total. The molecule has 6 fully saturated rings. The third-order valence-electron chi connectivity index (χ3n) is 17.1. The lowest BCUT2D eigenvalue weighted by Gasteiger charge is -2.69. The Morgan fingerprint density at radius 1 is 0.619 bits per heavy atom. The highest BCUT2D eigenvalue weighted by atomic mass is 16.3. The molecule has 8 aliphatic rings. The van der Waals surface area contributed by atoms with E-state index in [1.165, 1.54) is 37.7 Å². The zero-order chi connectivity index (χ0) is 29.4. The minimum Gasteiger partial charge on any atom is -0.393 e. The molecule has 0 aromatic heterocycles. The summed E-state index contributed by atoms with van der Waals surface area (Å²) in [5.74, 6) is 4.13. The second kappa shape index (κ2) is 9.20. The lowest BCUT2D eigenvalue weighted by atomic mass is 9.35. The molecule has 0 aliphatic heterocycles. The summed E-state index contributed by atoms with van der Waals surface area (Å²) < 4.78 is 0. The molecule has 234 valence electrons. The molecule has 0 saturated heterocycles. The zero-order valence-corrected chi connectivity index (χ0v) is 26.8. The van der Waals surface area contributed by atoms with Crippen LogP contribution in [0.5, 0.6) is 0 Å². The van der Waals surface area contributed by atoms with Crippen LogP contribution in [0.25, 0.3) is 0 Å². The second-order valence-corrected chi connectivity index (χ2v) is 18.0. The van der Waals surface area contributed by atoms with Crippen molar-refractivity contribution in [2.24, 2.45) is 68.5 Å². The van der Waals surface area contributed by atoms with Crippen molar-refractivity contribution in [1.82, 2.24) is 0 Å². The molecule has 4 heteroatoms. The Morgan fingerprint density at radius 3 is 1.90 bits per heavy atom. The van der Waals surface area contributed by atoms with Crippen LogP contribution in [0.15, 0.2) is 23.8 Å². The normalized spacial score (nSPS) is 61.7. The highest BCUT2D eigenvalue weighted by molar-refractivity contribution is 5.39. The molecule has 4 N–H and O–H groups in total. The first kappa shape index (κ1) is 28.8. The van der Waals surface area contributed by atoms with Crippen molar-refractivity contribution in [2.75, 3.05) is 0 Å². The van der Waals surface area contributed by atoms with Crippen molar-refractivity contribution in [1.29, 1.82) is 0 Å². The SMILES string of the molecule is C[C@]12C(C34CC[C@@H]5[C@@H](CC[C@]6(C)C(O)CC[C@@H]56)[C@@]3(C)C=CC(O)C4)=CC(O)CC1CC[C@@H]1[C@H]2CC[C@]2(C)C(O)CC[C@@H]12. The van der Waals surface area contributed by atoms with Gasteiger partial charge in [0.25, 0.3) is 0 Å². The fraction of sp³-hybridized carbons (Fsp3) is 0.895. The lowest BCUT2D eigenvalue weighted by molar-refractivity contribution is -0.152. The summed E-state index contributed by atoms with van der Waals surface area (Å²) in [6.45, 7) is 9.92. The van der Waals surface area contributed by atoms with Crippen LogP contribution in [0.1, 0.15) is 118 Å². The van der Waals surface area contributed by atoms with Gasteiger partial charge >= 0.3 is 0 Å². The number of fused-ring (bicyclic) bond motifs is 10. The van der Waals surface area contributed by atoms with Gasteiger partial charge in [-0.15, -0.1) is 0 Å². The molecule has 0 bridgehead atoms. The highest BCUT2D eigenvalue weighted by Gasteiger charge is 2.69. The minimum atomic E-state index is -0.433. The van der Waals surface area contributed by atoms with Crippen molar-refractivity contribution in [3.05, 3.63) is 23.8 Å². The summed E-state index contributed by atoms with van der Waals surface area (Å²) >= 11 is 0. The first-order valence-corrected chi connectivity index (χ1v) is 18.0. The molecule has 8 aliphatic carbocycles. The number of allylic oxidation sites excluding steroid dienone is 2. The minimum absolute atomic E-state index is 0.0305. The fourth-order valence-corrected chi connectivity index (χ4v) is 14.9. The number of hydrogen-bond donors (Lipinski definition) is 4. The Balaban J connectivity index is 1.23. The van der Waals surface area contributed by atoms with E-state index >= 15 is 0 Å². The van der Waals surface area contributed by atoms with E-state index in [-0.39, 0.29) is 39.3 Å². The predicted octanol–water partition coefficient (Wildman–Crippen LogP) is 6.81. The molecule has 6 saturated carbocycles. The zero-order valence-electron chi connectivity index (χ0n) is 26.8. The largest absolute Gasteiger partial charge is 0.393 e. The van der Waals surface area contributed by atoms with Crippen molar-refractivity contribution in [3.8, 4) is 0 Å². The van der Waals surface area contributed by atoms with Crippen molar-refractivity contribution < 1.29 is 20.4 Å². The number of rotatable bonds is 1. The van der Waals surface area contributed by atoms with Gasteiger partial charge in [0.05, 0.1) is 24.4 Å². The topological polar surface area (TPSA) is 80.9 Å². The second-order valence-electron chi connectivity index (χ2n) is 18.0. The van der Waals surface area contributed by atoms with E-state index in [0.29, 0.717) is 41.4 Å². The van der Waals surface area contributed by atoms with E-state index in [4.69, 9.17) is 0 Å². The predicted molar refractivity (Wildman–Crippen MR) is 165 cm³/mol. The molecule has 42 heavy (non-hydrogen) atoms. The van der Waals surface area contributed by atoms with E-state index < -0.39 is 12.2 Å². The number of hydrogen-bond acceptors (Lipinski definition) is 4. The average Bonchev–Trinajstić information content (AvgIpc) is 3.43. The fourth-order valence-electron chi connectivity index (χ4n) is 14.9. The molecule has 16 atom stereocenters. The van der Waals surface area contributed by atoms with Gasteiger partial charge in [-0.2, -0.15) is 0 Å². The van der Waals surface area contributed by atoms with Gasteiger partial charge in [-0.3, -0.25) is 0 Å². The highest BCUT2D eigenvalue weighted by Crippen LogP contribution is 2.76. The lowest BCUT2D eigenvalue weighted by Crippen LogP contribution is -2.63. The molecule has 6 unspecified atom stereocenters. The van der Waals surface area contributed by atoms with E-state index in [0.717, 1.165) is 57.8 Å². The molecule has 0 radical (unpaired) electrons. The molecule has 8 rings (SSSR count). The summed E-state index contributed by atoms with van der Waals surface area (Å²) in [7, 11) is 0. The quantitative estimate of drug-likeness (QED) is 0.258. The molecule has 0 spiro atoms. The molecule has 0 heterocycles. The molecule has 0 aromatic carbocycles. The molecule has 0 amide bonds. The third-order valence-corrected chi connectivity index (χ3v) is 17.1. The van der Waals surface area contributed by atoms with Gasteiger partial charge < -0.3 is 20.4 Å². The van der Waals surface area contributed by atoms with Crippen LogP contribution in [0.3, 0.4) is 0 Å². The smallest absolute Gasteiger partial charge is 0.0729 e. The van der Waals surface area contributed by atoms with Crippen LogP contribution in [-0.2, 0) is 0 Å². The maximum atomic E-state index is 11.5. The van der Waals surface area contributed by atoms with Gasteiger partial charge in [-0.25, -0.2) is 0 Å². The van der Waals surface area contributed by atoms with Gasteiger partial charge in [0.15, 0.2) is 0 Å². The van der Waals surface area contributed by atoms with E-state index in [1.54, 1.807) is 0 Å². The van der Waals surface area contributed by atoms with E-state index in [1.807, 2.05) is 0 Å². The third kappa shape index (κ3) is 3.40. The van der Waals surface area contributed by atoms with Gasteiger partial charge in [0.1, 0.15) is 0 Å². The van der Waals surface area contributed by atoms with Crippen LogP contribution >= 0.6 is 0 Å². The Morgan fingerprint density at radius 2 is 1.24 bits per heavy atom. The standard InChI is InChI=1S/C38H58O4/c1-34-15-13-29-26(28(34)8-10-32(34)41)12-18-38(21-23(39)11-17-36(29,38)3)31-20-24(40)19-22-5-6-25-27-7-9-33(42)35(27,2)16-14-30(25)37(22,31)4/h11,17,20,22-30,32-33,39-42H,5-10,12-16,18-19,21H2,1-4H3/t22?,23?,24?,25-,26-,27-,28-,29+,30+,32?,33?,34-,35-,36+,37-,38?/m0/s1. The number of aliphatic hydroxyl groups is 4. The maximum absolute atomic E-state index is 11.5. The Hall–Kier alpha value is -0.680. The van der Waals surface area contributed by atoms with Crippen molar-refractivity contribution in [3.63, 3.8) is 0 Å². The molecular weight excluding hydrogens is 520 g/mol. The Kier molecular flexibility index (Phi) is 6.30. The van der Waals surface area contributed by atoms with Gasteiger partial charge in [-0.1, -0.05) is 51.5 Å². The van der Waals surface area contributed by atoms with Crippen LogP contribution in [0.2, 0.25) is 0 Å². The Bertz CT molecular complexity index is 1180. The van der Waals surface area contributed by atoms with E-state index in [9.17, 15) is 20.4 Å². The Labute approximate surface area is 254 Å². The van der Waals surface area contributed by atoms with Crippen LogP contribution in [0, 0.1) is 68.5 Å². The summed E-state index contributed by atoms with van der Waals surface area (Å²) in [6, 6.07) is 0. The van der Waals surface area contributed by atoms with Gasteiger partial charge in [0, 0.05) is 5.41 Å². The number of aliphatic hydroxyl groups excluding tert-OH is 4. The maximum Gasteiger partial charge on any atom is 0.0729 e. The van der Waals surface area contributed by atoms with Crippen molar-refractivity contribution >= 4 is 0 Å². The first-order valence-electron chi connectivity index (χ1n) is 18.0. The van der Waals surface area contributed by atoms with Gasteiger partial charge in [0.2, 0.25) is 0 Å². The molecule has 0 aromatic rings.